The van der Waals surface area contributed by atoms with Gasteiger partial charge in [0.1, 0.15) is 11.4 Å². The molecular formula is C24H32NO4. The fourth-order valence-electron chi connectivity index (χ4n) is 2.79. The van der Waals surface area contributed by atoms with Crippen LogP contribution in [0.4, 0.5) is 10.5 Å². The Balaban J connectivity index is 1.79. The largest absolute Gasteiger partial charge is 0.493 e. The van der Waals surface area contributed by atoms with Crippen LogP contribution in [0.1, 0.15) is 51.3 Å². The molecule has 1 radical (unpaired) electrons. The predicted molar refractivity (Wildman–Crippen MR) is 116 cm³/mol. The van der Waals surface area contributed by atoms with Gasteiger partial charge in [0.15, 0.2) is 0 Å². The van der Waals surface area contributed by atoms with E-state index in [1.807, 2.05) is 76.2 Å². The lowest BCUT2D eigenvalue weighted by Gasteiger charge is -2.19. The van der Waals surface area contributed by atoms with E-state index in [1.165, 1.54) is 0 Å². The van der Waals surface area contributed by atoms with Crippen molar-refractivity contribution in [3.05, 3.63) is 66.6 Å². The van der Waals surface area contributed by atoms with Gasteiger partial charge in [-0.2, -0.15) is 0 Å². The Kier molecular flexibility index (Phi) is 8.52. The van der Waals surface area contributed by atoms with E-state index in [-0.39, 0.29) is 6.10 Å². The highest BCUT2D eigenvalue weighted by Gasteiger charge is 2.16. The van der Waals surface area contributed by atoms with Gasteiger partial charge in [0.2, 0.25) is 0 Å². The van der Waals surface area contributed by atoms with Crippen LogP contribution in [0, 0.1) is 6.92 Å². The molecule has 0 bridgehead atoms. The van der Waals surface area contributed by atoms with E-state index in [2.05, 4.69) is 12.2 Å². The number of anilines is 1. The molecule has 2 aromatic carbocycles. The lowest BCUT2D eigenvalue weighted by atomic mass is 10.1. The van der Waals surface area contributed by atoms with Crippen LogP contribution in [0.2, 0.25) is 0 Å². The SMILES string of the molecule is [CH2]CC(OCC)c1ccc(OCCc2ccc(NC(=O)OC(C)(C)C)cc2)cc1. The summed E-state index contributed by atoms with van der Waals surface area (Å²) in [5.41, 5.74) is 2.43. The molecule has 5 nitrogen and oxygen atoms in total. The van der Waals surface area contributed by atoms with Crippen molar-refractivity contribution in [3.8, 4) is 5.75 Å². The summed E-state index contributed by atoms with van der Waals surface area (Å²) in [5, 5.41) is 2.73. The van der Waals surface area contributed by atoms with Crippen LogP contribution in [0.15, 0.2) is 48.5 Å². The van der Waals surface area contributed by atoms with Crippen LogP contribution in [-0.4, -0.2) is 24.9 Å². The number of hydrogen-bond acceptors (Lipinski definition) is 4. The molecule has 0 saturated carbocycles. The van der Waals surface area contributed by atoms with E-state index in [9.17, 15) is 4.79 Å². The zero-order chi connectivity index (χ0) is 21.3. The first kappa shape index (κ1) is 22.8. The van der Waals surface area contributed by atoms with Gasteiger partial charge in [0.25, 0.3) is 0 Å². The monoisotopic (exact) mass is 398 g/mol. The number of ether oxygens (including phenoxy) is 3. The Morgan fingerprint density at radius 1 is 1.07 bits per heavy atom. The van der Waals surface area contributed by atoms with Crippen molar-refractivity contribution in [3.63, 3.8) is 0 Å². The van der Waals surface area contributed by atoms with Gasteiger partial charge in [-0.15, -0.1) is 0 Å². The topological polar surface area (TPSA) is 56.8 Å². The number of nitrogens with one attached hydrogen (secondary N) is 1. The zero-order valence-corrected chi connectivity index (χ0v) is 17.9. The van der Waals surface area contributed by atoms with Crippen molar-refractivity contribution in [1.82, 2.24) is 0 Å². The van der Waals surface area contributed by atoms with Crippen molar-refractivity contribution in [2.24, 2.45) is 0 Å². The lowest BCUT2D eigenvalue weighted by Crippen LogP contribution is -2.27. The van der Waals surface area contributed by atoms with Crippen molar-refractivity contribution < 1.29 is 19.0 Å². The molecule has 1 N–H and O–H groups in total. The van der Waals surface area contributed by atoms with Crippen molar-refractivity contribution >= 4 is 11.8 Å². The highest BCUT2D eigenvalue weighted by atomic mass is 16.6. The Bertz CT molecular complexity index is 748. The molecular weight excluding hydrogens is 366 g/mol. The molecule has 1 amide bonds. The standard InChI is InChI=1S/C24H32NO4/c1-6-22(27-7-2)19-10-14-21(15-11-19)28-17-16-18-8-12-20(13-9-18)25-23(26)29-24(3,4)5/h8-15,22H,1,6-7,16-17H2,2-5H3,(H,25,26). The van der Waals surface area contributed by atoms with Crippen LogP contribution >= 0.6 is 0 Å². The van der Waals surface area contributed by atoms with Gasteiger partial charge < -0.3 is 14.2 Å². The van der Waals surface area contributed by atoms with E-state index < -0.39 is 11.7 Å². The molecule has 5 heteroatoms. The Labute approximate surface area is 174 Å². The first-order valence-corrected chi connectivity index (χ1v) is 10.0. The molecule has 2 rings (SSSR count). The molecule has 0 spiro atoms. The van der Waals surface area contributed by atoms with Gasteiger partial charge in [0.05, 0.1) is 12.7 Å². The summed E-state index contributed by atoms with van der Waals surface area (Å²) in [6.45, 7) is 12.7. The molecule has 157 valence electrons. The van der Waals surface area contributed by atoms with Gasteiger partial charge >= 0.3 is 6.09 Å². The third kappa shape index (κ3) is 8.16. The maximum absolute atomic E-state index is 11.8. The fourth-order valence-corrected chi connectivity index (χ4v) is 2.79. The number of amides is 1. The summed E-state index contributed by atoms with van der Waals surface area (Å²) in [7, 11) is 0. The second-order valence-electron chi connectivity index (χ2n) is 7.72. The molecule has 0 aliphatic heterocycles. The number of benzene rings is 2. The molecule has 0 aliphatic carbocycles. The molecule has 0 fully saturated rings. The Morgan fingerprint density at radius 2 is 1.72 bits per heavy atom. The summed E-state index contributed by atoms with van der Waals surface area (Å²) in [6.07, 6.45) is 1.05. The third-order valence-electron chi connectivity index (χ3n) is 4.14. The second-order valence-corrected chi connectivity index (χ2v) is 7.72. The van der Waals surface area contributed by atoms with E-state index in [1.54, 1.807) is 0 Å². The lowest BCUT2D eigenvalue weighted by molar-refractivity contribution is 0.0634. The number of hydrogen-bond donors (Lipinski definition) is 1. The smallest absolute Gasteiger partial charge is 0.412 e. The first-order valence-electron chi connectivity index (χ1n) is 10.0. The van der Waals surface area contributed by atoms with Crippen LogP contribution in [-0.2, 0) is 15.9 Å². The minimum Gasteiger partial charge on any atom is -0.493 e. The van der Waals surface area contributed by atoms with Gasteiger partial charge in [-0.05, 0) is 69.5 Å². The Morgan fingerprint density at radius 3 is 2.28 bits per heavy atom. The summed E-state index contributed by atoms with van der Waals surface area (Å²) in [6, 6.07) is 15.6. The average Bonchev–Trinajstić information content (AvgIpc) is 2.67. The van der Waals surface area contributed by atoms with Crippen molar-refractivity contribution in [1.29, 1.82) is 0 Å². The van der Waals surface area contributed by atoms with E-state index in [0.717, 1.165) is 23.3 Å². The first-order chi connectivity index (χ1) is 13.8. The van der Waals surface area contributed by atoms with E-state index in [4.69, 9.17) is 14.2 Å². The van der Waals surface area contributed by atoms with E-state index in [0.29, 0.717) is 25.3 Å². The molecule has 0 aliphatic rings. The van der Waals surface area contributed by atoms with Gasteiger partial charge in [-0.3, -0.25) is 5.32 Å². The van der Waals surface area contributed by atoms with E-state index >= 15 is 0 Å². The summed E-state index contributed by atoms with van der Waals surface area (Å²) < 4.78 is 16.8. The molecule has 1 atom stereocenters. The number of carbonyl (C=O) groups excluding carboxylic acids is 1. The van der Waals surface area contributed by atoms with Crippen LogP contribution in [0.25, 0.3) is 0 Å². The van der Waals surface area contributed by atoms with Crippen molar-refractivity contribution in [2.45, 2.75) is 52.2 Å². The molecule has 0 saturated heterocycles. The maximum atomic E-state index is 11.8. The molecule has 29 heavy (non-hydrogen) atoms. The molecule has 0 aromatic heterocycles. The van der Waals surface area contributed by atoms with Crippen LogP contribution in [0.5, 0.6) is 5.75 Å². The van der Waals surface area contributed by atoms with Crippen molar-refractivity contribution in [2.75, 3.05) is 18.5 Å². The predicted octanol–water partition coefficient (Wildman–Crippen LogP) is 5.96. The fraction of sp³-hybridized carbons (Fsp3) is 0.417. The second kappa shape index (κ2) is 10.9. The quantitative estimate of drug-likeness (QED) is 0.566. The van der Waals surface area contributed by atoms with Gasteiger partial charge in [0, 0.05) is 18.7 Å². The average molecular weight is 399 g/mol. The minimum absolute atomic E-state index is 0.0295. The normalized spacial score (nSPS) is 12.3. The van der Waals surface area contributed by atoms with Crippen LogP contribution < -0.4 is 10.1 Å². The molecule has 0 heterocycles. The zero-order valence-electron chi connectivity index (χ0n) is 17.9. The van der Waals surface area contributed by atoms with Crippen LogP contribution in [0.3, 0.4) is 0 Å². The van der Waals surface area contributed by atoms with Gasteiger partial charge in [-0.1, -0.05) is 31.2 Å². The summed E-state index contributed by atoms with van der Waals surface area (Å²) in [5.74, 6) is 0.830. The minimum atomic E-state index is -0.517. The number of rotatable bonds is 9. The highest BCUT2D eigenvalue weighted by molar-refractivity contribution is 5.84. The summed E-state index contributed by atoms with van der Waals surface area (Å²) in [4.78, 5) is 11.8. The molecule has 1 unspecified atom stereocenters. The summed E-state index contributed by atoms with van der Waals surface area (Å²) >= 11 is 0. The molecule has 2 aromatic rings. The van der Waals surface area contributed by atoms with Gasteiger partial charge in [-0.25, -0.2) is 4.79 Å². The third-order valence-corrected chi connectivity index (χ3v) is 4.14. The Hall–Kier alpha value is -2.53. The maximum Gasteiger partial charge on any atom is 0.412 e. The highest BCUT2D eigenvalue weighted by Crippen LogP contribution is 2.23. The number of carbonyl (C=O) groups is 1.